The fraction of sp³-hybridized carbons (Fsp3) is 0.630. The Hall–Kier alpha value is -1.78. The van der Waals surface area contributed by atoms with Gasteiger partial charge in [-0.25, -0.2) is 0 Å². The third kappa shape index (κ3) is 2.38. The van der Waals surface area contributed by atoms with Gasteiger partial charge >= 0.3 is 0 Å². The number of carbonyl (C=O) groups is 1. The van der Waals surface area contributed by atoms with Gasteiger partial charge in [0.1, 0.15) is 5.78 Å². The van der Waals surface area contributed by atoms with Crippen LogP contribution in [0.5, 0.6) is 0 Å². The molecular weight excluding hydrogens is 384 g/mol. The Morgan fingerprint density at radius 1 is 1.16 bits per heavy atom. The highest BCUT2D eigenvalue weighted by Gasteiger charge is 2.67. The van der Waals surface area contributed by atoms with Crippen molar-refractivity contribution in [2.45, 2.75) is 88.5 Å². The maximum atomic E-state index is 12.4. The lowest BCUT2D eigenvalue weighted by Gasteiger charge is -2.55. The van der Waals surface area contributed by atoms with Crippen molar-refractivity contribution in [1.82, 2.24) is 9.88 Å². The van der Waals surface area contributed by atoms with E-state index in [4.69, 9.17) is 4.74 Å². The summed E-state index contributed by atoms with van der Waals surface area (Å²) in [6.07, 6.45) is 18.1. The van der Waals surface area contributed by atoms with Gasteiger partial charge in [-0.2, -0.15) is 0 Å². The van der Waals surface area contributed by atoms with E-state index in [9.17, 15) is 4.79 Å². The molecule has 6 aliphatic rings. The molecule has 4 heterocycles. The van der Waals surface area contributed by atoms with Crippen LogP contribution < -0.4 is 0 Å². The lowest BCUT2D eigenvalue weighted by Crippen LogP contribution is -2.57. The van der Waals surface area contributed by atoms with E-state index in [1.807, 2.05) is 6.20 Å². The molecule has 3 fully saturated rings. The first kappa shape index (κ1) is 18.8. The predicted molar refractivity (Wildman–Crippen MR) is 118 cm³/mol. The molecule has 1 saturated heterocycles. The van der Waals surface area contributed by atoms with Gasteiger partial charge in [0.2, 0.25) is 0 Å². The average Bonchev–Trinajstić information content (AvgIpc) is 3.28. The van der Waals surface area contributed by atoms with E-state index in [1.165, 1.54) is 35.1 Å². The van der Waals surface area contributed by atoms with Gasteiger partial charge in [-0.1, -0.05) is 19.1 Å². The molecule has 5 unspecified atom stereocenters. The maximum Gasteiger partial charge on any atom is 0.136 e. The van der Waals surface area contributed by atoms with E-state index in [0.29, 0.717) is 30.6 Å². The number of allylic oxidation sites excluding steroid dienone is 1. The lowest BCUT2D eigenvalue weighted by molar-refractivity contribution is -0.149. The van der Waals surface area contributed by atoms with Crippen LogP contribution in [0.15, 0.2) is 41.8 Å². The molecular formula is C27H32N2O2. The van der Waals surface area contributed by atoms with Crippen molar-refractivity contribution < 1.29 is 9.53 Å². The third-order valence-corrected chi connectivity index (χ3v) is 9.94. The second-order valence-corrected chi connectivity index (χ2v) is 11.3. The van der Waals surface area contributed by atoms with Crippen molar-refractivity contribution in [3.63, 3.8) is 0 Å². The highest BCUT2D eigenvalue weighted by molar-refractivity contribution is 5.82. The summed E-state index contributed by atoms with van der Waals surface area (Å²) in [7, 11) is 0. The number of pyridine rings is 1. The monoisotopic (exact) mass is 416 g/mol. The lowest BCUT2D eigenvalue weighted by atomic mass is 9.60. The Morgan fingerprint density at radius 2 is 2.10 bits per heavy atom. The molecule has 4 heteroatoms. The maximum absolute atomic E-state index is 12.4. The first-order valence-electron chi connectivity index (χ1n) is 12.3. The van der Waals surface area contributed by atoms with E-state index in [-0.39, 0.29) is 16.6 Å². The summed E-state index contributed by atoms with van der Waals surface area (Å²) in [5.74, 6) is 0.944. The van der Waals surface area contributed by atoms with Crippen molar-refractivity contribution in [2.75, 3.05) is 6.54 Å². The fourth-order valence-electron chi connectivity index (χ4n) is 8.47. The number of Topliss-reactive ketones (excluding diaryl/α,β-unsaturated/α-hetero) is 1. The minimum Gasteiger partial charge on any atom is -0.359 e. The molecule has 0 N–H and O–H groups in total. The summed E-state index contributed by atoms with van der Waals surface area (Å²) in [4.78, 5) is 19.5. The van der Waals surface area contributed by atoms with Crippen LogP contribution in [0.4, 0.5) is 0 Å². The highest BCUT2D eigenvalue weighted by atomic mass is 16.5. The number of fused-ring (bicyclic) bond motifs is 2. The SMILES string of the molecule is CC12CC=C3C=C4CCC(=O)CC45CCC3(O5)C1CCC2N1CCc2ccncc2C1. The Labute approximate surface area is 184 Å². The minimum absolute atomic E-state index is 0.155. The van der Waals surface area contributed by atoms with Crippen LogP contribution in [-0.4, -0.2) is 39.5 Å². The minimum atomic E-state index is -0.279. The number of carbonyl (C=O) groups excluding carboxylic acids is 1. The van der Waals surface area contributed by atoms with Gasteiger partial charge in [-0.05, 0) is 84.6 Å². The molecule has 2 spiro atoms. The van der Waals surface area contributed by atoms with Crippen LogP contribution in [0, 0.1) is 11.3 Å². The summed E-state index contributed by atoms with van der Waals surface area (Å²) >= 11 is 0. The Morgan fingerprint density at radius 3 is 3.03 bits per heavy atom. The molecule has 162 valence electrons. The first-order valence-corrected chi connectivity index (χ1v) is 12.3. The second kappa shape index (κ2) is 6.17. The van der Waals surface area contributed by atoms with Gasteiger partial charge in [-0.3, -0.25) is 14.7 Å². The fourth-order valence-corrected chi connectivity index (χ4v) is 8.47. The van der Waals surface area contributed by atoms with E-state index < -0.39 is 0 Å². The molecule has 31 heavy (non-hydrogen) atoms. The van der Waals surface area contributed by atoms with Crippen LogP contribution in [0.1, 0.15) is 69.4 Å². The first-order chi connectivity index (χ1) is 15.0. The van der Waals surface area contributed by atoms with Crippen molar-refractivity contribution in [3.05, 3.63) is 52.9 Å². The van der Waals surface area contributed by atoms with Crippen LogP contribution >= 0.6 is 0 Å². The number of ether oxygens (including phenoxy) is 1. The predicted octanol–water partition coefficient (Wildman–Crippen LogP) is 4.54. The number of ketones is 1. The Balaban J connectivity index is 1.24. The molecule has 5 atom stereocenters. The second-order valence-electron chi connectivity index (χ2n) is 11.3. The average molecular weight is 417 g/mol. The smallest absolute Gasteiger partial charge is 0.136 e. The molecule has 0 radical (unpaired) electrons. The van der Waals surface area contributed by atoms with E-state index in [0.717, 1.165) is 45.2 Å². The largest absolute Gasteiger partial charge is 0.359 e. The normalized spacial score (nSPS) is 43.5. The van der Waals surface area contributed by atoms with E-state index in [2.05, 4.69) is 41.2 Å². The summed E-state index contributed by atoms with van der Waals surface area (Å²) in [6, 6.07) is 2.79. The zero-order valence-electron chi connectivity index (χ0n) is 18.5. The van der Waals surface area contributed by atoms with Gasteiger partial charge in [0.25, 0.3) is 0 Å². The topological polar surface area (TPSA) is 42.4 Å². The van der Waals surface area contributed by atoms with E-state index in [1.54, 1.807) is 0 Å². The van der Waals surface area contributed by atoms with Crippen molar-refractivity contribution in [2.24, 2.45) is 11.3 Å². The Bertz CT molecular complexity index is 1040. The summed E-state index contributed by atoms with van der Waals surface area (Å²) < 4.78 is 7.14. The van der Waals surface area contributed by atoms with Gasteiger partial charge in [-0.15, -0.1) is 0 Å². The molecule has 4 nitrogen and oxygen atoms in total. The number of hydrogen-bond acceptors (Lipinski definition) is 4. The summed E-state index contributed by atoms with van der Waals surface area (Å²) in [5.41, 5.74) is 5.54. The number of aromatic nitrogens is 1. The highest BCUT2D eigenvalue weighted by Crippen LogP contribution is 2.66. The van der Waals surface area contributed by atoms with Gasteiger partial charge in [0, 0.05) is 44.4 Å². The molecule has 0 aromatic carbocycles. The number of hydrogen-bond donors (Lipinski definition) is 0. The summed E-state index contributed by atoms with van der Waals surface area (Å²) in [6.45, 7) is 4.72. The van der Waals surface area contributed by atoms with Crippen molar-refractivity contribution >= 4 is 5.78 Å². The van der Waals surface area contributed by atoms with Crippen molar-refractivity contribution in [3.8, 4) is 0 Å². The standard InChI is InChI=1S/C27H32N2O2/c1-25-9-6-21-14-20-2-3-22(30)15-26(20)10-11-27(21,31-26)23(25)4-5-24(25)29-13-8-18-7-12-28-16-19(18)17-29/h6-7,12,14,16,23-24H,2-5,8-11,13,15,17H2,1H3. The van der Waals surface area contributed by atoms with E-state index >= 15 is 0 Å². The quantitative estimate of drug-likeness (QED) is 0.674. The van der Waals surface area contributed by atoms with Gasteiger partial charge in [0.15, 0.2) is 0 Å². The van der Waals surface area contributed by atoms with Gasteiger partial charge in [0.05, 0.1) is 11.2 Å². The zero-order valence-corrected chi connectivity index (χ0v) is 18.5. The van der Waals surface area contributed by atoms with Crippen LogP contribution in [0.25, 0.3) is 0 Å². The van der Waals surface area contributed by atoms with Crippen LogP contribution in [-0.2, 0) is 22.5 Å². The molecule has 3 aliphatic carbocycles. The Kier molecular flexibility index (Phi) is 3.73. The molecule has 7 rings (SSSR count). The number of nitrogens with zero attached hydrogens (tertiary/aromatic N) is 2. The summed E-state index contributed by atoms with van der Waals surface area (Å²) in [5, 5.41) is 0. The number of rotatable bonds is 1. The molecule has 0 amide bonds. The molecule has 2 saturated carbocycles. The third-order valence-electron chi connectivity index (χ3n) is 9.94. The molecule has 1 aromatic heterocycles. The molecule has 3 aliphatic heterocycles. The van der Waals surface area contributed by atoms with Crippen LogP contribution in [0.2, 0.25) is 0 Å². The van der Waals surface area contributed by atoms with Crippen molar-refractivity contribution in [1.29, 1.82) is 0 Å². The zero-order chi connectivity index (χ0) is 20.8. The van der Waals surface area contributed by atoms with Crippen LogP contribution in [0.3, 0.4) is 0 Å². The van der Waals surface area contributed by atoms with Gasteiger partial charge < -0.3 is 4.74 Å². The molecule has 1 aromatic rings. The molecule has 2 bridgehead atoms.